The van der Waals surface area contributed by atoms with Crippen molar-refractivity contribution in [2.75, 3.05) is 52.4 Å². The highest BCUT2D eigenvalue weighted by Crippen LogP contribution is 2.05. The van der Waals surface area contributed by atoms with E-state index in [9.17, 15) is 9.59 Å². The fraction of sp³-hybridized carbons (Fsp3) is 0.556. The van der Waals surface area contributed by atoms with Crippen molar-refractivity contribution in [3.8, 4) is 0 Å². The average molecular weight is 332 g/mol. The second-order valence-corrected chi connectivity index (χ2v) is 6.19. The second kappa shape index (κ2) is 9.39. The molecule has 0 saturated carbocycles. The summed E-state index contributed by atoms with van der Waals surface area (Å²) in [5.41, 5.74) is 6.96. The number of hydrogen-bond donors (Lipinski definition) is 1. The summed E-state index contributed by atoms with van der Waals surface area (Å²) < 4.78 is 0. The highest BCUT2D eigenvalue weighted by atomic mass is 16.2. The molecule has 0 unspecified atom stereocenters. The first-order valence-corrected chi connectivity index (χ1v) is 8.60. The molecule has 1 aliphatic heterocycles. The highest BCUT2D eigenvalue weighted by molar-refractivity contribution is 5.79. The smallest absolute Gasteiger partial charge is 0.236 e. The van der Waals surface area contributed by atoms with Crippen LogP contribution < -0.4 is 5.73 Å². The number of nitrogens with zero attached hydrogens (tertiary/aromatic N) is 3. The van der Waals surface area contributed by atoms with Crippen molar-refractivity contribution < 1.29 is 9.59 Å². The number of piperazine rings is 1. The van der Waals surface area contributed by atoms with Crippen LogP contribution in [-0.4, -0.2) is 78.9 Å². The van der Waals surface area contributed by atoms with Gasteiger partial charge in [0.25, 0.3) is 0 Å². The largest absolute Gasteiger partial charge is 0.339 e. The molecule has 2 rings (SSSR count). The van der Waals surface area contributed by atoms with Gasteiger partial charge in [-0.2, -0.15) is 0 Å². The lowest BCUT2D eigenvalue weighted by Gasteiger charge is -2.35. The molecule has 1 aromatic carbocycles. The molecule has 1 fully saturated rings. The number of carbonyl (C=O) groups is 2. The lowest BCUT2D eigenvalue weighted by atomic mass is 10.1. The maximum Gasteiger partial charge on any atom is 0.236 e. The SMILES string of the molecule is CC(=O)N1CCN(C(=O)CN(CCN)CCc2ccccc2)CC1. The Morgan fingerprint density at radius 3 is 2.25 bits per heavy atom. The van der Waals surface area contributed by atoms with E-state index < -0.39 is 0 Å². The van der Waals surface area contributed by atoms with Crippen LogP contribution in [0, 0.1) is 0 Å². The third kappa shape index (κ3) is 5.62. The Kier molecular flexibility index (Phi) is 7.21. The number of benzene rings is 1. The molecule has 1 aliphatic rings. The molecule has 132 valence electrons. The van der Waals surface area contributed by atoms with Crippen molar-refractivity contribution in [1.82, 2.24) is 14.7 Å². The third-order valence-corrected chi connectivity index (χ3v) is 4.44. The lowest BCUT2D eigenvalue weighted by molar-refractivity contribution is -0.139. The minimum Gasteiger partial charge on any atom is -0.339 e. The van der Waals surface area contributed by atoms with E-state index in [1.54, 1.807) is 11.8 Å². The number of amides is 2. The monoisotopic (exact) mass is 332 g/mol. The zero-order chi connectivity index (χ0) is 17.4. The van der Waals surface area contributed by atoms with Crippen molar-refractivity contribution in [1.29, 1.82) is 0 Å². The number of hydrogen-bond acceptors (Lipinski definition) is 4. The van der Waals surface area contributed by atoms with E-state index in [1.807, 2.05) is 23.1 Å². The Hall–Kier alpha value is -1.92. The van der Waals surface area contributed by atoms with E-state index in [0.29, 0.717) is 45.8 Å². The van der Waals surface area contributed by atoms with Crippen LogP contribution in [0.4, 0.5) is 0 Å². The molecule has 0 atom stereocenters. The molecule has 0 aromatic heterocycles. The Bertz CT molecular complexity index is 527. The van der Waals surface area contributed by atoms with Gasteiger partial charge in [-0.15, -0.1) is 0 Å². The van der Waals surface area contributed by atoms with Crippen molar-refractivity contribution in [3.05, 3.63) is 35.9 Å². The average Bonchev–Trinajstić information content (AvgIpc) is 2.60. The lowest BCUT2D eigenvalue weighted by Crippen LogP contribution is -2.52. The second-order valence-electron chi connectivity index (χ2n) is 6.19. The van der Waals surface area contributed by atoms with E-state index in [-0.39, 0.29) is 11.8 Å². The third-order valence-electron chi connectivity index (χ3n) is 4.44. The van der Waals surface area contributed by atoms with E-state index in [2.05, 4.69) is 17.0 Å². The summed E-state index contributed by atoms with van der Waals surface area (Å²) in [7, 11) is 0. The molecule has 24 heavy (non-hydrogen) atoms. The molecular weight excluding hydrogens is 304 g/mol. The Balaban J connectivity index is 1.81. The Labute approximate surface area is 144 Å². The van der Waals surface area contributed by atoms with Crippen LogP contribution in [0.2, 0.25) is 0 Å². The Morgan fingerprint density at radius 1 is 1.04 bits per heavy atom. The van der Waals surface area contributed by atoms with Crippen molar-refractivity contribution in [2.24, 2.45) is 5.73 Å². The molecule has 2 N–H and O–H groups in total. The summed E-state index contributed by atoms with van der Waals surface area (Å²) >= 11 is 0. The van der Waals surface area contributed by atoms with Crippen LogP contribution >= 0.6 is 0 Å². The quantitative estimate of drug-likeness (QED) is 0.773. The van der Waals surface area contributed by atoms with E-state index >= 15 is 0 Å². The predicted molar refractivity (Wildman–Crippen MR) is 94.5 cm³/mol. The molecule has 6 nitrogen and oxygen atoms in total. The van der Waals surface area contributed by atoms with Gasteiger partial charge >= 0.3 is 0 Å². The van der Waals surface area contributed by atoms with Gasteiger partial charge in [-0.1, -0.05) is 30.3 Å². The zero-order valence-electron chi connectivity index (χ0n) is 14.5. The zero-order valence-corrected chi connectivity index (χ0v) is 14.5. The van der Waals surface area contributed by atoms with Gasteiger partial charge in [0.2, 0.25) is 11.8 Å². The molecule has 0 spiro atoms. The Morgan fingerprint density at radius 2 is 1.67 bits per heavy atom. The van der Waals surface area contributed by atoms with Gasteiger partial charge in [0.1, 0.15) is 0 Å². The van der Waals surface area contributed by atoms with E-state index in [0.717, 1.165) is 13.0 Å². The highest BCUT2D eigenvalue weighted by Gasteiger charge is 2.23. The maximum atomic E-state index is 12.5. The topological polar surface area (TPSA) is 69.9 Å². The van der Waals surface area contributed by atoms with Gasteiger partial charge in [-0.05, 0) is 12.0 Å². The first-order chi connectivity index (χ1) is 11.6. The van der Waals surface area contributed by atoms with Gasteiger partial charge < -0.3 is 15.5 Å². The maximum absolute atomic E-state index is 12.5. The summed E-state index contributed by atoms with van der Waals surface area (Å²) in [5.74, 6) is 0.203. The standard InChI is InChI=1S/C18H28N4O2/c1-16(23)21-11-13-22(14-12-21)18(24)15-20(10-8-19)9-7-17-5-3-2-4-6-17/h2-6H,7-15,19H2,1H3. The van der Waals surface area contributed by atoms with Crippen LogP contribution in [0.3, 0.4) is 0 Å². The van der Waals surface area contributed by atoms with Gasteiger partial charge in [0.15, 0.2) is 0 Å². The van der Waals surface area contributed by atoms with Crippen molar-refractivity contribution in [3.63, 3.8) is 0 Å². The first kappa shape index (κ1) is 18.4. The summed E-state index contributed by atoms with van der Waals surface area (Å²) in [6.07, 6.45) is 0.909. The summed E-state index contributed by atoms with van der Waals surface area (Å²) in [4.78, 5) is 29.6. The number of rotatable bonds is 7. The number of nitrogens with two attached hydrogens (primary N) is 1. The van der Waals surface area contributed by atoms with E-state index in [4.69, 9.17) is 5.73 Å². The normalized spacial score (nSPS) is 15.0. The molecular formula is C18H28N4O2. The molecule has 0 bridgehead atoms. The van der Waals surface area contributed by atoms with Crippen molar-refractivity contribution in [2.45, 2.75) is 13.3 Å². The van der Waals surface area contributed by atoms with Crippen LogP contribution in [-0.2, 0) is 16.0 Å². The predicted octanol–water partition coefficient (Wildman–Crippen LogP) is 0.181. The van der Waals surface area contributed by atoms with Crippen LogP contribution in [0.1, 0.15) is 12.5 Å². The van der Waals surface area contributed by atoms with Crippen molar-refractivity contribution >= 4 is 11.8 Å². The van der Waals surface area contributed by atoms with Crippen LogP contribution in [0.15, 0.2) is 30.3 Å². The van der Waals surface area contributed by atoms with Gasteiger partial charge in [-0.25, -0.2) is 0 Å². The minimum absolute atomic E-state index is 0.0784. The molecule has 0 aliphatic carbocycles. The molecule has 1 saturated heterocycles. The van der Waals surface area contributed by atoms with Gasteiger partial charge in [0.05, 0.1) is 6.54 Å². The van der Waals surface area contributed by atoms with Gasteiger partial charge in [-0.3, -0.25) is 14.5 Å². The summed E-state index contributed by atoms with van der Waals surface area (Å²) in [5, 5.41) is 0. The molecule has 1 aromatic rings. The summed E-state index contributed by atoms with van der Waals surface area (Å²) in [6.45, 7) is 6.53. The minimum atomic E-state index is 0.0784. The molecule has 2 amide bonds. The molecule has 0 radical (unpaired) electrons. The molecule has 6 heteroatoms. The first-order valence-electron chi connectivity index (χ1n) is 8.60. The number of carbonyl (C=O) groups excluding carboxylic acids is 2. The summed E-state index contributed by atoms with van der Waals surface area (Å²) in [6, 6.07) is 10.3. The van der Waals surface area contributed by atoms with E-state index in [1.165, 1.54) is 5.56 Å². The van der Waals surface area contributed by atoms with Gasteiger partial charge in [0, 0.05) is 52.7 Å². The van der Waals surface area contributed by atoms with Crippen LogP contribution in [0.5, 0.6) is 0 Å². The van der Waals surface area contributed by atoms with Crippen LogP contribution in [0.25, 0.3) is 0 Å². The molecule has 1 heterocycles. The fourth-order valence-corrected chi connectivity index (χ4v) is 2.95. The fourth-order valence-electron chi connectivity index (χ4n) is 2.95.